The number of halogens is 5. The summed E-state index contributed by atoms with van der Waals surface area (Å²) in [6, 6.07) is 10.6. The molecule has 0 aliphatic carbocycles. The van der Waals surface area contributed by atoms with Crippen molar-refractivity contribution in [2.75, 3.05) is 26.0 Å². The van der Waals surface area contributed by atoms with E-state index in [-0.39, 0.29) is 29.2 Å². The number of hydrogen-bond acceptors (Lipinski definition) is 8. The largest absolute Gasteiger partial charge is 0.463 e. The zero-order chi connectivity index (χ0) is 34.1. The Hall–Kier alpha value is -4.56. The van der Waals surface area contributed by atoms with Crippen molar-refractivity contribution < 1.29 is 46.7 Å². The molecule has 0 fully saturated rings. The lowest BCUT2D eigenvalue weighted by molar-refractivity contribution is -0.385. The molecule has 0 saturated heterocycles. The molecule has 3 rings (SSSR count). The molecule has 0 radical (unpaired) electrons. The van der Waals surface area contributed by atoms with Crippen LogP contribution in [0.5, 0.6) is 11.5 Å². The summed E-state index contributed by atoms with van der Waals surface area (Å²) >= 11 is 11.7. The average molecular weight is 674 g/mol. The van der Waals surface area contributed by atoms with Gasteiger partial charge in [0, 0.05) is 36.9 Å². The second-order valence-corrected chi connectivity index (χ2v) is 10.1. The van der Waals surface area contributed by atoms with Gasteiger partial charge in [-0.1, -0.05) is 29.3 Å². The van der Waals surface area contributed by atoms with Crippen LogP contribution < -0.4 is 10.1 Å². The van der Waals surface area contributed by atoms with E-state index in [0.29, 0.717) is 16.8 Å². The summed E-state index contributed by atoms with van der Waals surface area (Å²) in [6.45, 7) is 4.73. The third kappa shape index (κ3) is 10.8. The van der Waals surface area contributed by atoms with E-state index >= 15 is 0 Å². The number of nitro groups is 1. The van der Waals surface area contributed by atoms with Crippen LogP contribution in [0.4, 0.5) is 29.3 Å². The molecular weight excluding hydrogens is 646 g/mol. The molecule has 3 aromatic carbocycles. The number of carbonyl (C=O) groups excluding carboxylic acids is 3. The SMILES string of the molecule is CCOC(=O)C(C)OC(=O)c1cc(Oc2ccc(C(F)(F)F)cc2Cl)ccc1[N+](=O)[O-].Cc1ccc(NC(=O)N(C)C)cc1Cl. The Labute approximate surface area is 265 Å². The van der Waals surface area contributed by atoms with Gasteiger partial charge in [0.05, 0.1) is 22.1 Å². The highest BCUT2D eigenvalue weighted by atomic mass is 35.5. The summed E-state index contributed by atoms with van der Waals surface area (Å²) in [5, 5.41) is 14.2. The maximum Gasteiger partial charge on any atom is 0.416 e. The molecule has 0 saturated carbocycles. The Bertz CT molecular complexity index is 1570. The number of esters is 2. The van der Waals surface area contributed by atoms with E-state index in [0.717, 1.165) is 35.9 Å². The number of anilines is 1. The molecule has 3 aromatic rings. The predicted octanol–water partition coefficient (Wildman–Crippen LogP) is 7.91. The van der Waals surface area contributed by atoms with Crippen LogP contribution in [0.1, 0.15) is 35.3 Å². The average Bonchev–Trinajstić information content (AvgIpc) is 2.95. The second-order valence-electron chi connectivity index (χ2n) is 9.27. The van der Waals surface area contributed by atoms with E-state index in [4.69, 9.17) is 37.4 Å². The van der Waals surface area contributed by atoms with Crippen LogP contribution in [-0.2, 0) is 20.4 Å². The minimum Gasteiger partial charge on any atom is -0.463 e. The number of alkyl halides is 3. The molecule has 242 valence electrons. The van der Waals surface area contributed by atoms with Crippen molar-refractivity contribution in [3.63, 3.8) is 0 Å². The van der Waals surface area contributed by atoms with Crippen molar-refractivity contribution in [3.05, 3.63) is 91.4 Å². The molecular formula is C29H28Cl2F3N3O8. The molecule has 0 spiro atoms. The van der Waals surface area contributed by atoms with E-state index in [1.165, 1.54) is 11.8 Å². The Morgan fingerprint density at radius 3 is 2.22 bits per heavy atom. The number of nitro benzene ring substituents is 1. The number of hydrogen-bond donors (Lipinski definition) is 1. The lowest BCUT2D eigenvalue weighted by Gasteiger charge is -2.13. The van der Waals surface area contributed by atoms with Gasteiger partial charge in [-0.15, -0.1) is 0 Å². The van der Waals surface area contributed by atoms with E-state index < -0.39 is 46.0 Å². The minimum atomic E-state index is -4.61. The van der Waals surface area contributed by atoms with Crippen molar-refractivity contribution in [1.29, 1.82) is 0 Å². The zero-order valence-corrected chi connectivity index (χ0v) is 26.0. The number of carbonyl (C=O) groups is 3. The highest BCUT2D eigenvalue weighted by Gasteiger charge is 2.31. The molecule has 0 bridgehead atoms. The fourth-order valence-corrected chi connectivity index (χ4v) is 3.63. The van der Waals surface area contributed by atoms with Crippen LogP contribution in [0.3, 0.4) is 0 Å². The molecule has 1 unspecified atom stereocenters. The molecule has 0 heterocycles. The number of benzene rings is 3. The molecule has 1 atom stereocenters. The highest BCUT2D eigenvalue weighted by molar-refractivity contribution is 6.32. The van der Waals surface area contributed by atoms with Crippen molar-refractivity contribution in [1.82, 2.24) is 4.90 Å². The monoisotopic (exact) mass is 673 g/mol. The minimum absolute atomic E-state index is 0.0398. The van der Waals surface area contributed by atoms with Crippen molar-refractivity contribution in [2.24, 2.45) is 0 Å². The molecule has 1 N–H and O–H groups in total. The van der Waals surface area contributed by atoms with Gasteiger partial charge in [-0.3, -0.25) is 10.1 Å². The Morgan fingerprint density at radius 1 is 1.02 bits per heavy atom. The van der Waals surface area contributed by atoms with Gasteiger partial charge in [0.15, 0.2) is 6.10 Å². The first kappa shape index (κ1) is 36.6. The van der Waals surface area contributed by atoms with E-state index in [2.05, 4.69) is 5.32 Å². The van der Waals surface area contributed by atoms with Crippen molar-refractivity contribution >= 4 is 52.5 Å². The van der Waals surface area contributed by atoms with Crippen LogP contribution >= 0.6 is 23.2 Å². The topological polar surface area (TPSA) is 137 Å². The highest BCUT2D eigenvalue weighted by Crippen LogP contribution is 2.37. The van der Waals surface area contributed by atoms with Crippen molar-refractivity contribution in [2.45, 2.75) is 33.1 Å². The second kappa shape index (κ2) is 16.0. The predicted molar refractivity (Wildman–Crippen MR) is 160 cm³/mol. The number of urea groups is 1. The summed E-state index contributed by atoms with van der Waals surface area (Å²) in [5.41, 5.74) is -0.465. The summed E-state index contributed by atoms with van der Waals surface area (Å²) < 4.78 is 53.2. The molecule has 16 heteroatoms. The van der Waals surface area contributed by atoms with Crippen LogP contribution in [-0.4, -0.2) is 54.6 Å². The van der Waals surface area contributed by atoms with E-state index in [9.17, 15) is 37.7 Å². The normalized spacial score (nSPS) is 11.3. The quantitative estimate of drug-likeness (QED) is 0.145. The standard InChI is InChI=1S/C19H15ClF3NO7.C10H13ClN2O/c1-3-29-17(25)10(2)30-18(26)13-9-12(5-6-15(13)24(27)28)31-16-7-4-11(8-14(16)20)19(21,22)23;1-7-4-5-8(6-9(7)11)12-10(14)13(2)3/h4-10H,3H2,1-2H3;4-6H,1-3H3,(H,12,14). The van der Waals surface area contributed by atoms with Gasteiger partial charge >= 0.3 is 24.1 Å². The van der Waals surface area contributed by atoms with Gasteiger partial charge in [0.25, 0.3) is 5.69 Å². The van der Waals surface area contributed by atoms with Gasteiger partial charge in [0.2, 0.25) is 0 Å². The maximum atomic E-state index is 12.8. The number of nitrogens with zero attached hydrogens (tertiary/aromatic N) is 2. The molecule has 0 aromatic heterocycles. The first-order chi connectivity index (χ1) is 20.9. The van der Waals surface area contributed by atoms with Gasteiger partial charge in [-0.2, -0.15) is 13.2 Å². The molecule has 0 aliphatic heterocycles. The third-order valence-electron chi connectivity index (χ3n) is 5.60. The van der Waals surface area contributed by atoms with Crippen molar-refractivity contribution in [3.8, 4) is 11.5 Å². The third-order valence-corrected chi connectivity index (χ3v) is 6.31. The Morgan fingerprint density at radius 2 is 1.69 bits per heavy atom. The van der Waals surface area contributed by atoms with Crippen LogP contribution in [0.25, 0.3) is 0 Å². The maximum absolute atomic E-state index is 12.8. The van der Waals surface area contributed by atoms with Gasteiger partial charge in [-0.05, 0) is 62.7 Å². The fourth-order valence-electron chi connectivity index (χ4n) is 3.23. The van der Waals surface area contributed by atoms with E-state index in [1.54, 1.807) is 27.1 Å². The van der Waals surface area contributed by atoms with Gasteiger partial charge in [-0.25, -0.2) is 14.4 Å². The molecule has 0 aliphatic rings. The zero-order valence-electron chi connectivity index (χ0n) is 24.5. The number of ether oxygens (including phenoxy) is 3. The number of amides is 2. The molecule has 2 amide bonds. The van der Waals surface area contributed by atoms with Crippen LogP contribution in [0, 0.1) is 17.0 Å². The first-order valence-electron chi connectivity index (χ1n) is 12.9. The lowest BCUT2D eigenvalue weighted by atomic mass is 10.1. The van der Waals surface area contributed by atoms with Crippen LogP contribution in [0.15, 0.2) is 54.6 Å². The summed E-state index contributed by atoms with van der Waals surface area (Å²) in [4.78, 5) is 47.1. The Balaban J connectivity index is 0.000000420. The summed E-state index contributed by atoms with van der Waals surface area (Å²) in [5.74, 6) is -2.36. The lowest BCUT2D eigenvalue weighted by Crippen LogP contribution is -2.27. The molecule has 45 heavy (non-hydrogen) atoms. The van der Waals surface area contributed by atoms with Crippen LogP contribution in [0.2, 0.25) is 10.0 Å². The number of rotatable bonds is 8. The Kier molecular flexibility index (Phi) is 13.0. The van der Waals surface area contributed by atoms with Gasteiger partial charge < -0.3 is 24.4 Å². The number of nitrogens with one attached hydrogen (secondary N) is 1. The van der Waals surface area contributed by atoms with Gasteiger partial charge in [0.1, 0.15) is 17.1 Å². The first-order valence-corrected chi connectivity index (χ1v) is 13.6. The number of aryl methyl sites for hydroxylation is 1. The summed E-state index contributed by atoms with van der Waals surface area (Å²) in [7, 11) is 3.37. The molecule has 11 nitrogen and oxygen atoms in total. The summed E-state index contributed by atoms with van der Waals surface area (Å²) in [6.07, 6.45) is -5.94. The fraction of sp³-hybridized carbons (Fsp3) is 0.276. The van der Waals surface area contributed by atoms with E-state index in [1.807, 2.05) is 19.1 Å². The smallest absolute Gasteiger partial charge is 0.416 e.